The van der Waals surface area contributed by atoms with Crippen LogP contribution >= 0.6 is 0 Å². The van der Waals surface area contributed by atoms with E-state index in [0.717, 1.165) is 18.8 Å². The number of anilines is 1. The lowest BCUT2D eigenvalue weighted by Crippen LogP contribution is -2.50. The summed E-state index contributed by atoms with van der Waals surface area (Å²) in [4.78, 5) is 34.2. The van der Waals surface area contributed by atoms with Crippen molar-refractivity contribution in [2.75, 3.05) is 38.2 Å². The molecule has 1 aliphatic rings. The van der Waals surface area contributed by atoms with Crippen molar-refractivity contribution in [2.45, 2.75) is 6.54 Å². The van der Waals surface area contributed by atoms with Crippen molar-refractivity contribution in [3.8, 4) is 11.4 Å². The van der Waals surface area contributed by atoms with E-state index in [1.165, 1.54) is 15.6 Å². The molecule has 2 aromatic carbocycles. The largest absolute Gasteiger partial charge is 0.497 e. The zero-order chi connectivity index (χ0) is 22.8. The van der Waals surface area contributed by atoms with Crippen LogP contribution in [0, 0.1) is 0 Å². The van der Waals surface area contributed by atoms with Gasteiger partial charge in [0, 0.05) is 31.9 Å². The van der Waals surface area contributed by atoms with Crippen molar-refractivity contribution in [2.24, 2.45) is 0 Å². The van der Waals surface area contributed by atoms with E-state index >= 15 is 0 Å². The zero-order valence-electron chi connectivity index (χ0n) is 18.2. The molecule has 0 atom stereocenters. The number of amides is 1. The third-order valence-corrected chi connectivity index (χ3v) is 5.81. The number of hydrogen-bond donors (Lipinski definition) is 0. The van der Waals surface area contributed by atoms with Gasteiger partial charge in [0.25, 0.3) is 5.56 Å². The molecule has 3 heterocycles. The SMILES string of the molecule is COc1ccc(-n2nnc3c(=O)n(CC(=O)N4CCN(c5ccccc5)CC4)cnc32)cc1. The Morgan fingerprint density at radius 1 is 0.970 bits per heavy atom. The van der Waals surface area contributed by atoms with Crippen molar-refractivity contribution >= 4 is 22.8 Å². The molecule has 0 aliphatic carbocycles. The molecule has 10 nitrogen and oxygen atoms in total. The highest BCUT2D eigenvalue weighted by atomic mass is 16.5. The molecule has 0 spiro atoms. The van der Waals surface area contributed by atoms with Gasteiger partial charge in [-0.25, -0.2) is 4.98 Å². The summed E-state index contributed by atoms with van der Waals surface area (Å²) in [6.07, 6.45) is 1.38. The summed E-state index contributed by atoms with van der Waals surface area (Å²) in [5.74, 6) is 0.593. The van der Waals surface area contributed by atoms with Crippen LogP contribution in [0.1, 0.15) is 0 Å². The van der Waals surface area contributed by atoms with Gasteiger partial charge in [-0.2, -0.15) is 4.68 Å². The number of piperazine rings is 1. The lowest BCUT2D eigenvalue weighted by atomic mass is 10.2. The number of rotatable bonds is 5. The van der Waals surface area contributed by atoms with Crippen LogP contribution in [0.15, 0.2) is 65.7 Å². The fourth-order valence-corrected chi connectivity index (χ4v) is 3.95. The summed E-state index contributed by atoms with van der Waals surface area (Å²) < 4.78 is 7.96. The number of hydrogen-bond acceptors (Lipinski definition) is 7. The fraction of sp³-hybridized carbons (Fsp3) is 0.261. The van der Waals surface area contributed by atoms with E-state index in [1.54, 1.807) is 36.3 Å². The second-order valence-corrected chi connectivity index (χ2v) is 7.75. The number of fused-ring (bicyclic) bond motifs is 1. The Hall–Kier alpha value is -4.21. The van der Waals surface area contributed by atoms with E-state index in [0.29, 0.717) is 30.2 Å². The fourth-order valence-electron chi connectivity index (χ4n) is 3.95. The number of para-hydroxylation sites is 1. The Labute approximate surface area is 189 Å². The van der Waals surface area contributed by atoms with Crippen LogP contribution in [-0.4, -0.2) is 68.6 Å². The highest BCUT2D eigenvalue weighted by molar-refractivity contribution is 5.77. The highest BCUT2D eigenvalue weighted by Crippen LogP contribution is 2.17. The van der Waals surface area contributed by atoms with Gasteiger partial charge >= 0.3 is 0 Å². The first-order valence-electron chi connectivity index (χ1n) is 10.7. The first-order valence-corrected chi connectivity index (χ1v) is 10.7. The lowest BCUT2D eigenvalue weighted by Gasteiger charge is -2.36. The molecule has 168 valence electrons. The maximum absolute atomic E-state index is 12.9. The van der Waals surface area contributed by atoms with Gasteiger partial charge in [-0.1, -0.05) is 23.4 Å². The van der Waals surface area contributed by atoms with Crippen molar-refractivity contribution in [3.63, 3.8) is 0 Å². The molecular formula is C23H23N7O3. The topological polar surface area (TPSA) is 98.4 Å². The number of carbonyl (C=O) groups is 1. The van der Waals surface area contributed by atoms with Crippen LogP contribution in [0.2, 0.25) is 0 Å². The Bertz CT molecular complexity index is 1320. The normalized spacial score (nSPS) is 14.0. The van der Waals surface area contributed by atoms with E-state index in [-0.39, 0.29) is 18.0 Å². The molecule has 0 bridgehead atoms. The quantitative estimate of drug-likeness (QED) is 0.457. The maximum atomic E-state index is 12.9. The minimum atomic E-state index is -0.393. The van der Waals surface area contributed by atoms with Gasteiger partial charge in [-0.05, 0) is 36.4 Å². The van der Waals surface area contributed by atoms with Crippen molar-refractivity contribution in [1.82, 2.24) is 29.4 Å². The number of aromatic nitrogens is 5. The summed E-state index contributed by atoms with van der Waals surface area (Å²) in [6, 6.07) is 17.3. The second-order valence-electron chi connectivity index (χ2n) is 7.75. The minimum Gasteiger partial charge on any atom is -0.497 e. The van der Waals surface area contributed by atoms with Crippen LogP contribution in [0.5, 0.6) is 5.75 Å². The van der Waals surface area contributed by atoms with E-state index in [2.05, 4.69) is 32.3 Å². The summed E-state index contributed by atoms with van der Waals surface area (Å²) in [5.41, 5.74) is 1.92. The number of nitrogens with zero attached hydrogens (tertiary/aromatic N) is 7. The van der Waals surface area contributed by atoms with Gasteiger partial charge in [0.05, 0.1) is 12.8 Å². The lowest BCUT2D eigenvalue weighted by molar-refractivity contribution is -0.132. The molecule has 0 radical (unpaired) electrons. The minimum absolute atomic E-state index is 0.0808. The third-order valence-electron chi connectivity index (χ3n) is 5.81. The van der Waals surface area contributed by atoms with Crippen LogP contribution in [0.3, 0.4) is 0 Å². The Kier molecular flexibility index (Phi) is 5.47. The number of ether oxygens (including phenoxy) is 1. The molecule has 0 unspecified atom stereocenters. The van der Waals surface area contributed by atoms with E-state index in [9.17, 15) is 9.59 Å². The average Bonchev–Trinajstić information content (AvgIpc) is 3.31. The Morgan fingerprint density at radius 2 is 1.70 bits per heavy atom. The van der Waals surface area contributed by atoms with E-state index in [1.807, 2.05) is 18.2 Å². The van der Waals surface area contributed by atoms with Gasteiger partial charge in [0.15, 0.2) is 11.2 Å². The molecule has 4 aromatic rings. The number of methoxy groups -OCH3 is 1. The smallest absolute Gasteiger partial charge is 0.284 e. The molecule has 1 amide bonds. The maximum Gasteiger partial charge on any atom is 0.284 e. The van der Waals surface area contributed by atoms with Crippen LogP contribution in [0.25, 0.3) is 16.9 Å². The average molecular weight is 445 g/mol. The van der Waals surface area contributed by atoms with Gasteiger partial charge in [0.1, 0.15) is 18.6 Å². The second kappa shape index (κ2) is 8.73. The third kappa shape index (κ3) is 4.02. The molecule has 1 saturated heterocycles. The molecule has 0 N–H and O–H groups in total. The Balaban J connectivity index is 1.30. The molecule has 1 aliphatic heterocycles. The summed E-state index contributed by atoms with van der Waals surface area (Å²) >= 11 is 0. The predicted molar refractivity (Wildman–Crippen MR) is 123 cm³/mol. The summed E-state index contributed by atoms with van der Waals surface area (Å²) in [7, 11) is 1.59. The molecule has 10 heteroatoms. The Morgan fingerprint density at radius 3 is 2.39 bits per heavy atom. The molecule has 33 heavy (non-hydrogen) atoms. The molecular weight excluding hydrogens is 422 g/mol. The molecule has 1 fully saturated rings. The van der Waals surface area contributed by atoms with Crippen molar-refractivity contribution in [3.05, 3.63) is 71.3 Å². The van der Waals surface area contributed by atoms with E-state index < -0.39 is 5.56 Å². The van der Waals surface area contributed by atoms with Gasteiger partial charge in [-0.15, -0.1) is 5.10 Å². The van der Waals surface area contributed by atoms with Crippen LogP contribution in [-0.2, 0) is 11.3 Å². The molecule has 2 aromatic heterocycles. The first-order chi connectivity index (χ1) is 16.1. The standard InChI is InChI=1S/C23H23N7O3/c1-33-19-9-7-18(8-10-19)30-22-21(25-26-30)23(32)29(16-24-22)15-20(31)28-13-11-27(12-14-28)17-5-3-2-4-6-17/h2-10,16H,11-15H2,1H3. The molecule has 0 saturated carbocycles. The number of carbonyl (C=O) groups excluding carboxylic acids is 1. The van der Waals surface area contributed by atoms with Gasteiger partial charge < -0.3 is 14.5 Å². The van der Waals surface area contributed by atoms with E-state index in [4.69, 9.17) is 4.74 Å². The molecule has 5 rings (SSSR count). The monoisotopic (exact) mass is 445 g/mol. The van der Waals surface area contributed by atoms with Crippen molar-refractivity contribution in [1.29, 1.82) is 0 Å². The predicted octanol–water partition coefficient (Wildman–Crippen LogP) is 1.33. The van der Waals surface area contributed by atoms with Crippen LogP contribution < -0.4 is 15.2 Å². The van der Waals surface area contributed by atoms with Gasteiger partial charge in [0.2, 0.25) is 5.91 Å². The van der Waals surface area contributed by atoms with Crippen LogP contribution in [0.4, 0.5) is 5.69 Å². The summed E-state index contributed by atoms with van der Waals surface area (Å²) in [6.45, 7) is 2.62. The van der Waals surface area contributed by atoms with Crippen molar-refractivity contribution < 1.29 is 9.53 Å². The first kappa shape index (κ1) is 20.7. The highest BCUT2D eigenvalue weighted by Gasteiger charge is 2.22. The number of benzene rings is 2. The zero-order valence-corrected chi connectivity index (χ0v) is 18.2. The summed E-state index contributed by atoms with van der Waals surface area (Å²) in [5, 5.41) is 8.09. The van der Waals surface area contributed by atoms with Gasteiger partial charge in [-0.3, -0.25) is 14.2 Å².